The number of rotatable bonds is 7. The lowest BCUT2D eigenvalue weighted by molar-refractivity contribution is -0.137. The van der Waals surface area contributed by atoms with E-state index < -0.39 is 11.7 Å². The van der Waals surface area contributed by atoms with Gasteiger partial charge in [-0.1, -0.05) is 29.8 Å². The summed E-state index contributed by atoms with van der Waals surface area (Å²) in [5, 5.41) is 14.4. The van der Waals surface area contributed by atoms with Crippen LogP contribution in [0.3, 0.4) is 0 Å². The van der Waals surface area contributed by atoms with E-state index in [1.54, 1.807) is 18.3 Å². The molecule has 178 valence electrons. The van der Waals surface area contributed by atoms with Gasteiger partial charge in [-0.3, -0.25) is 0 Å². The molecule has 0 amide bonds. The Hall–Kier alpha value is -3.13. The minimum absolute atomic E-state index is 0.204. The number of pyridine rings is 2. The molecule has 3 N–H and O–H groups in total. The van der Waals surface area contributed by atoms with Crippen molar-refractivity contribution in [2.24, 2.45) is 5.92 Å². The zero-order valence-electron chi connectivity index (χ0n) is 18.4. The second kappa shape index (κ2) is 10.4. The highest BCUT2D eigenvalue weighted by Crippen LogP contribution is 2.32. The average Bonchev–Trinajstić information content (AvgIpc) is 2.84. The number of hydrogen-bond donors (Lipinski definition) is 3. The first-order chi connectivity index (χ1) is 16.3. The molecule has 0 aliphatic heterocycles. The summed E-state index contributed by atoms with van der Waals surface area (Å²) in [6, 6.07) is 12.8. The third kappa shape index (κ3) is 6.05. The largest absolute Gasteiger partial charge is 0.416 e. The van der Waals surface area contributed by atoms with E-state index >= 15 is 0 Å². The second-order valence-corrected chi connectivity index (χ2v) is 8.84. The van der Waals surface area contributed by atoms with Crippen LogP contribution in [0.4, 0.5) is 24.8 Å². The van der Waals surface area contributed by atoms with Gasteiger partial charge in [0, 0.05) is 24.3 Å². The van der Waals surface area contributed by atoms with Crippen LogP contribution < -0.4 is 10.6 Å². The third-order valence-corrected chi connectivity index (χ3v) is 6.27. The Morgan fingerprint density at radius 1 is 1.03 bits per heavy atom. The fourth-order valence-corrected chi connectivity index (χ4v) is 4.29. The van der Waals surface area contributed by atoms with Crippen LogP contribution in [-0.4, -0.2) is 22.2 Å². The van der Waals surface area contributed by atoms with Crippen molar-refractivity contribution in [2.45, 2.75) is 44.4 Å². The van der Waals surface area contributed by atoms with E-state index in [-0.39, 0.29) is 6.54 Å². The van der Waals surface area contributed by atoms with Crippen LogP contribution in [0, 0.1) is 11.3 Å². The molecule has 0 bridgehead atoms. The predicted octanol–water partition coefficient (Wildman–Crippen LogP) is 7.05. The van der Waals surface area contributed by atoms with Crippen LogP contribution in [0.25, 0.3) is 11.3 Å². The van der Waals surface area contributed by atoms with E-state index in [0.717, 1.165) is 43.4 Å². The maximum atomic E-state index is 13.0. The Morgan fingerprint density at radius 2 is 1.79 bits per heavy atom. The Morgan fingerprint density at radius 3 is 2.53 bits per heavy atom. The van der Waals surface area contributed by atoms with Crippen molar-refractivity contribution in [1.82, 2.24) is 9.97 Å². The topological polar surface area (TPSA) is 73.7 Å². The van der Waals surface area contributed by atoms with Crippen LogP contribution in [0.1, 0.15) is 36.8 Å². The molecule has 2 aromatic heterocycles. The van der Waals surface area contributed by atoms with Crippen LogP contribution in [0.15, 0.2) is 54.7 Å². The first kappa shape index (κ1) is 24.0. The molecule has 3 aromatic rings. The van der Waals surface area contributed by atoms with Crippen LogP contribution in [-0.2, 0) is 12.7 Å². The first-order valence-corrected chi connectivity index (χ1v) is 11.5. The van der Waals surface area contributed by atoms with Crippen molar-refractivity contribution in [3.63, 3.8) is 0 Å². The summed E-state index contributed by atoms with van der Waals surface area (Å²) in [5.41, 5.74) is 1.18. The predicted molar refractivity (Wildman–Crippen MR) is 129 cm³/mol. The Kier molecular flexibility index (Phi) is 7.36. The molecule has 1 aromatic carbocycles. The fraction of sp³-hybridized carbons (Fsp3) is 0.320. The van der Waals surface area contributed by atoms with E-state index in [4.69, 9.17) is 17.0 Å². The molecule has 0 unspecified atom stereocenters. The molecule has 1 saturated carbocycles. The summed E-state index contributed by atoms with van der Waals surface area (Å²) in [6.45, 7) is 0.204. The molecule has 5 nitrogen and oxygen atoms in total. The molecule has 0 atom stereocenters. The molecule has 2 heterocycles. The quantitative estimate of drug-likeness (QED) is 0.312. The molecule has 4 rings (SSSR count). The first-order valence-electron chi connectivity index (χ1n) is 11.1. The maximum absolute atomic E-state index is 13.0. The molecular formula is C25H25ClF3N5. The molecule has 1 fully saturated rings. The smallest absolute Gasteiger partial charge is 0.367 e. The number of hydrogen-bond acceptors (Lipinski definition) is 5. The van der Waals surface area contributed by atoms with E-state index in [9.17, 15) is 13.2 Å². The number of nitrogens with one attached hydrogen (secondary N) is 3. The van der Waals surface area contributed by atoms with Gasteiger partial charge in [0.1, 0.15) is 11.6 Å². The van der Waals surface area contributed by atoms with E-state index in [1.165, 1.54) is 12.3 Å². The lowest BCUT2D eigenvalue weighted by Crippen LogP contribution is -2.26. The lowest BCUT2D eigenvalue weighted by Gasteiger charge is -2.27. The number of halogens is 4. The average molecular weight is 488 g/mol. The molecule has 1 aliphatic carbocycles. The summed E-state index contributed by atoms with van der Waals surface area (Å²) in [5.74, 6) is 1.60. The van der Waals surface area contributed by atoms with Crippen molar-refractivity contribution in [1.29, 1.82) is 5.41 Å². The second-order valence-electron chi connectivity index (χ2n) is 8.43. The molecule has 1 aliphatic rings. The summed E-state index contributed by atoms with van der Waals surface area (Å²) in [7, 11) is 0. The van der Waals surface area contributed by atoms with Gasteiger partial charge in [-0.25, -0.2) is 9.97 Å². The van der Waals surface area contributed by atoms with Gasteiger partial charge in [0.25, 0.3) is 0 Å². The van der Waals surface area contributed by atoms with Crippen molar-refractivity contribution >= 4 is 29.5 Å². The van der Waals surface area contributed by atoms with E-state index in [1.807, 2.05) is 18.2 Å². The molecule has 0 radical (unpaired) electrons. The summed E-state index contributed by atoms with van der Waals surface area (Å²) in [4.78, 5) is 9.00. The van der Waals surface area contributed by atoms with Gasteiger partial charge in [0.2, 0.25) is 0 Å². The van der Waals surface area contributed by atoms with E-state index in [2.05, 4.69) is 20.6 Å². The van der Waals surface area contributed by atoms with Crippen LogP contribution in [0.5, 0.6) is 0 Å². The highest BCUT2D eigenvalue weighted by atomic mass is 35.5. The summed E-state index contributed by atoms with van der Waals surface area (Å²) >= 11 is 6.41. The standard InChI is InChI=1S/C25H25ClF3N5/c26-21-15-32-24(33-19-9-7-16(13-30)8-10-19)12-20(21)22-5-2-6-23(34-22)31-14-17-3-1-4-18(11-17)25(27,28)29/h1-6,11-13,15-16,19,30H,7-10,14H2,(H,31,34)(H,32,33). The summed E-state index contributed by atoms with van der Waals surface area (Å²) in [6.07, 6.45) is 2.68. The number of nitrogens with zero attached hydrogens (tertiary/aromatic N) is 2. The molecule has 0 saturated heterocycles. The maximum Gasteiger partial charge on any atom is 0.416 e. The van der Waals surface area contributed by atoms with Gasteiger partial charge < -0.3 is 16.0 Å². The number of benzene rings is 1. The highest BCUT2D eigenvalue weighted by Gasteiger charge is 2.30. The van der Waals surface area contributed by atoms with Crippen molar-refractivity contribution < 1.29 is 13.2 Å². The van der Waals surface area contributed by atoms with Gasteiger partial charge in [0.05, 0.1) is 16.3 Å². The SMILES string of the molecule is N=CC1CCC(Nc2cc(-c3cccc(NCc4cccc(C(F)(F)F)c4)n3)c(Cl)cn2)CC1. The van der Waals surface area contributed by atoms with E-state index in [0.29, 0.717) is 39.9 Å². The van der Waals surface area contributed by atoms with Gasteiger partial charge in [-0.2, -0.15) is 13.2 Å². The van der Waals surface area contributed by atoms with Gasteiger partial charge in [0.15, 0.2) is 0 Å². The van der Waals surface area contributed by atoms with Crippen molar-refractivity contribution in [3.8, 4) is 11.3 Å². The Labute approximate surface area is 201 Å². The number of aromatic nitrogens is 2. The fourth-order valence-electron chi connectivity index (χ4n) is 4.09. The van der Waals surface area contributed by atoms with Crippen molar-refractivity contribution in [3.05, 3.63) is 70.9 Å². The number of anilines is 2. The Balaban J connectivity index is 1.46. The summed E-state index contributed by atoms with van der Waals surface area (Å²) < 4.78 is 38.9. The molecular weight excluding hydrogens is 463 g/mol. The lowest BCUT2D eigenvalue weighted by atomic mass is 9.87. The van der Waals surface area contributed by atoms with Gasteiger partial charge in [-0.05, 0) is 73.7 Å². The molecule has 9 heteroatoms. The monoisotopic (exact) mass is 487 g/mol. The third-order valence-electron chi connectivity index (χ3n) is 5.97. The van der Waals surface area contributed by atoms with Crippen LogP contribution in [0.2, 0.25) is 5.02 Å². The van der Waals surface area contributed by atoms with Crippen molar-refractivity contribution in [2.75, 3.05) is 10.6 Å². The Bertz CT molecular complexity index is 1140. The van der Waals surface area contributed by atoms with Gasteiger partial charge in [-0.15, -0.1) is 0 Å². The number of alkyl halides is 3. The zero-order valence-corrected chi connectivity index (χ0v) is 19.1. The normalized spacial score (nSPS) is 18.4. The highest BCUT2D eigenvalue weighted by molar-refractivity contribution is 6.33. The van der Waals surface area contributed by atoms with Crippen LogP contribution >= 0.6 is 11.6 Å². The molecule has 34 heavy (non-hydrogen) atoms. The minimum Gasteiger partial charge on any atom is -0.367 e. The minimum atomic E-state index is -4.38. The molecule has 0 spiro atoms. The van der Waals surface area contributed by atoms with Gasteiger partial charge >= 0.3 is 6.18 Å². The zero-order chi connectivity index (χ0) is 24.1.